The van der Waals surface area contributed by atoms with Gasteiger partial charge in [0.05, 0.1) is 9.65 Å². The van der Waals surface area contributed by atoms with E-state index in [1.54, 1.807) is 0 Å². The van der Waals surface area contributed by atoms with Crippen LogP contribution in [0.2, 0.25) is 0 Å². The van der Waals surface area contributed by atoms with Crippen molar-refractivity contribution in [3.8, 4) is 0 Å². The van der Waals surface area contributed by atoms with Crippen LogP contribution in [-0.2, 0) is 17.1 Å². The Kier molecular flexibility index (Phi) is 10.4. The fourth-order valence-corrected chi connectivity index (χ4v) is 6.10. The van der Waals surface area contributed by atoms with Crippen molar-refractivity contribution in [3.05, 3.63) is 156 Å². The molecule has 3 heteroatoms. The standard InChI is InChI=1S/2C17H14Br.Fe/c2*1-12(16-7-4-8-17(16)18)14-10-9-13-5-2-3-6-15(13)11-14;/h2*2-12H,1H3;/t2*12-;/m11./s1. The molecule has 2 atom stereocenters. The minimum Gasteiger partial charge on any atom is -0.0828 e. The number of fused-ring (bicyclic) bond motifs is 2. The van der Waals surface area contributed by atoms with E-state index in [9.17, 15) is 0 Å². The Morgan fingerprint density at radius 1 is 0.486 bits per heavy atom. The van der Waals surface area contributed by atoms with E-state index in [1.807, 2.05) is 0 Å². The number of hydrogen-bond acceptors (Lipinski definition) is 0. The van der Waals surface area contributed by atoms with Gasteiger partial charge in [-0.15, -0.1) is 0 Å². The molecule has 2 saturated carbocycles. The van der Waals surface area contributed by atoms with Crippen molar-refractivity contribution < 1.29 is 17.1 Å². The summed E-state index contributed by atoms with van der Waals surface area (Å²) in [5.41, 5.74) is 2.72. The first-order valence-corrected chi connectivity index (χ1v) is 13.9. The summed E-state index contributed by atoms with van der Waals surface area (Å²) < 4.78 is 0. The zero-order valence-corrected chi connectivity index (χ0v) is 25.1. The molecule has 6 rings (SSSR count). The molecule has 0 bridgehead atoms. The molecule has 0 nitrogen and oxygen atoms in total. The van der Waals surface area contributed by atoms with Gasteiger partial charge in [-0.25, -0.2) is 0 Å². The molecular weight excluding hydrogens is 624 g/mol. The maximum Gasteiger partial charge on any atom is 0.0524 e. The van der Waals surface area contributed by atoms with Crippen LogP contribution in [0.5, 0.6) is 0 Å². The zero-order chi connectivity index (χ0) is 25.1. The summed E-state index contributed by atoms with van der Waals surface area (Å²) in [6.45, 7) is 4.51. The minimum atomic E-state index is 0. The number of halogens is 2. The van der Waals surface area contributed by atoms with Gasteiger partial charge in [0, 0.05) is 28.9 Å². The molecule has 4 aromatic rings. The van der Waals surface area contributed by atoms with Crippen molar-refractivity contribution in [2.45, 2.75) is 25.7 Å². The summed E-state index contributed by atoms with van der Waals surface area (Å²) in [6.07, 6.45) is 12.8. The first kappa shape index (κ1) is 28.9. The first-order chi connectivity index (χ1) is 17.5. The Morgan fingerprint density at radius 2 is 0.865 bits per heavy atom. The molecule has 0 aromatic heterocycles. The second-order valence-corrected chi connectivity index (χ2v) is 11.0. The fraction of sp³-hybridized carbons (Fsp3) is 0.118. The molecule has 2 fully saturated rings. The predicted molar refractivity (Wildman–Crippen MR) is 161 cm³/mol. The second kappa shape index (κ2) is 13.3. The summed E-state index contributed by atoms with van der Waals surface area (Å²) >= 11 is 7.23. The fourth-order valence-electron chi connectivity index (χ4n) is 4.84. The molecule has 0 spiro atoms. The Morgan fingerprint density at radius 3 is 1.22 bits per heavy atom. The molecule has 0 unspecified atom stereocenters. The van der Waals surface area contributed by atoms with Crippen LogP contribution in [0, 0.1) is 60.0 Å². The van der Waals surface area contributed by atoms with Crippen LogP contribution in [-0.4, -0.2) is 0 Å². The van der Waals surface area contributed by atoms with Gasteiger partial charge in [-0.2, -0.15) is 0 Å². The zero-order valence-electron chi connectivity index (χ0n) is 20.8. The van der Waals surface area contributed by atoms with E-state index in [2.05, 4.69) is 169 Å². The van der Waals surface area contributed by atoms with E-state index >= 15 is 0 Å². The van der Waals surface area contributed by atoms with Crippen molar-refractivity contribution in [2.75, 3.05) is 0 Å². The third-order valence-electron chi connectivity index (χ3n) is 7.07. The third-order valence-corrected chi connectivity index (χ3v) is 8.51. The predicted octanol–water partition coefficient (Wildman–Crippen LogP) is 10.1. The van der Waals surface area contributed by atoms with Crippen LogP contribution in [0.4, 0.5) is 0 Å². The van der Waals surface area contributed by atoms with Gasteiger partial charge < -0.3 is 0 Å². The van der Waals surface area contributed by atoms with Crippen LogP contribution >= 0.6 is 31.9 Å². The van der Waals surface area contributed by atoms with Crippen LogP contribution in [0.15, 0.2) is 84.9 Å². The first-order valence-electron chi connectivity index (χ1n) is 12.3. The number of hydrogen-bond donors (Lipinski definition) is 0. The molecule has 0 N–H and O–H groups in total. The van der Waals surface area contributed by atoms with Gasteiger partial charge in [0.2, 0.25) is 0 Å². The Bertz CT molecular complexity index is 1200. The second-order valence-electron chi connectivity index (χ2n) is 9.31. The van der Waals surface area contributed by atoms with E-state index in [-0.39, 0.29) is 17.1 Å². The molecule has 37 heavy (non-hydrogen) atoms. The van der Waals surface area contributed by atoms with Crippen LogP contribution in [0.3, 0.4) is 0 Å². The van der Waals surface area contributed by atoms with Gasteiger partial charge in [-0.05, 0) is 83.0 Å². The summed E-state index contributed by atoms with van der Waals surface area (Å²) in [6, 6.07) is 30.5. The molecule has 4 aromatic carbocycles. The number of rotatable bonds is 4. The topological polar surface area (TPSA) is 0 Å². The van der Waals surface area contributed by atoms with Crippen molar-refractivity contribution in [2.24, 2.45) is 0 Å². The van der Waals surface area contributed by atoms with Gasteiger partial charge >= 0.3 is 0 Å². The molecule has 2 aliphatic rings. The Balaban J connectivity index is 0.000000168. The SMILES string of the molecule is C[C@@H]([C]1[CH][CH][CH][C]1Br)c1ccc2ccccc2c1.C[C@@H]([C]1[CH][CH][CH][C]1Br)c1ccc2ccccc2c1.[Fe]. The largest absolute Gasteiger partial charge is 0.0828 e. The molecular formula is C34H28Br2Fe. The summed E-state index contributed by atoms with van der Waals surface area (Å²) in [7, 11) is 0. The van der Waals surface area contributed by atoms with Crippen LogP contribution in [0.25, 0.3) is 21.5 Å². The molecule has 0 aliphatic heterocycles. The average Bonchev–Trinajstić information content (AvgIpc) is 3.55. The van der Waals surface area contributed by atoms with Crippen molar-refractivity contribution in [1.29, 1.82) is 0 Å². The molecule has 2 aliphatic carbocycles. The monoisotopic (exact) mass is 650 g/mol. The van der Waals surface area contributed by atoms with E-state index in [1.165, 1.54) is 54.2 Å². The van der Waals surface area contributed by atoms with Gasteiger partial charge in [-0.3, -0.25) is 0 Å². The van der Waals surface area contributed by atoms with Crippen LogP contribution < -0.4 is 0 Å². The third kappa shape index (κ3) is 6.73. The van der Waals surface area contributed by atoms with Crippen molar-refractivity contribution in [1.82, 2.24) is 0 Å². The van der Waals surface area contributed by atoms with E-state index in [0.29, 0.717) is 11.8 Å². The Labute approximate surface area is 250 Å². The smallest absolute Gasteiger partial charge is 0.0524 e. The molecule has 0 heterocycles. The van der Waals surface area contributed by atoms with Gasteiger partial charge in [0.15, 0.2) is 0 Å². The molecule has 0 saturated heterocycles. The average molecular weight is 652 g/mol. The van der Waals surface area contributed by atoms with Crippen molar-refractivity contribution in [3.63, 3.8) is 0 Å². The number of benzene rings is 4. The summed E-state index contributed by atoms with van der Waals surface area (Å²) in [5.74, 6) is 3.54. The van der Waals surface area contributed by atoms with Gasteiger partial charge in [0.25, 0.3) is 0 Å². The quantitative estimate of drug-likeness (QED) is 0.193. The van der Waals surface area contributed by atoms with Crippen molar-refractivity contribution >= 4 is 53.4 Å². The van der Waals surface area contributed by atoms with Gasteiger partial charge in [-0.1, -0.05) is 131 Å². The minimum absolute atomic E-state index is 0. The molecule has 0 amide bonds. The molecule has 10 radical (unpaired) electrons. The van der Waals surface area contributed by atoms with E-state index < -0.39 is 0 Å². The molecule has 186 valence electrons. The normalized spacial score (nSPS) is 18.9. The van der Waals surface area contributed by atoms with E-state index in [4.69, 9.17) is 0 Å². The summed E-state index contributed by atoms with van der Waals surface area (Å²) in [5, 5.41) is 5.22. The Hall–Kier alpha value is -1.12. The van der Waals surface area contributed by atoms with Gasteiger partial charge in [0.1, 0.15) is 0 Å². The maximum atomic E-state index is 3.61. The van der Waals surface area contributed by atoms with E-state index in [0.717, 1.165) is 0 Å². The van der Waals surface area contributed by atoms with Crippen LogP contribution in [0.1, 0.15) is 36.8 Å². The maximum absolute atomic E-state index is 3.61. The summed E-state index contributed by atoms with van der Waals surface area (Å²) in [4.78, 5) is 2.39.